The topological polar surface area (TPSA) is 61.4 Å². The molecule has 24 heavy (non-hydrogen) atoms. The molecule has 1 aromatic carbocycles. The van der Waals surface area contributed by atoms with Crippen LogP contribution in [0, 0.1) is 6.92 Å². The molecule has 2 aromatic rings. The van der Waals surface area contributed by atoms with Gasteiger partial charge in [0, 0.05) is 46.0 Å². The monoisotopic (exact) mass is 325 g/mol. The van der Waals surface area contributed by atoms with E-state index < -0.39 is 0 Å². The summed E-state index contributed by atoms with van der Waals surface area (Å²) < 4.78 is 0. The molecular formula is C18H23N5O. The highest BCUT2D eigenvalue weighted by atomic mass is 16.2. The summed E-state index contributed by atoms with van der Waals surface area (Å²) in [5.41, 5.74) is 2.49. The average Bonchev–Trinajstić information content (AvgIpc) is 2.62. The van der Waals surface area contributed by atoms with Crippen LogP contribution in [-0.4, -0.2) is 54.5 Å². The van der Waals surface area contributed by atoms with E-state index >= 15 is 0 Å². The van der Waals surface area contributed by atoms with E-state index in [2.05, 4.69) is 27.4 Å². The van der Waals surface area contributed by atoms with E-state index in [-0.39, 0.29) is 11.9 Å². The van der Waals surface area contributed by atoms with Crippen LogP contribution in [0.3, 0.4) is 0 Å². The lowest BCUT2D eigenvalue weighted by molar-refractivity contribution is 0.0701. The van der Waals surface area contributed by atoms with E-state index in [1.165, 1.54) is 5.56 Å². The highest BCUT2D eigenvalue weighted by molar-refractivity contribution is 5.95. The molecule has 1 saturated heterocycles. The van der Waals surface area contributed by atoms with Gasteiger partial charge in [0.2, 0.25) is 5.95 Å². The molecule has 1 amide bonds. The summed E-state index contributed by atoms with van der Waals surface area (Å²) in [5.74, 6) is 0.617. The lowest BCUT2D eigenvalue weighted by atomic mass is 10.0. The lowest BCUT2D eigenvalue weighted by Gasteiger charge is -2.34. The second-order valence-electron chi connectivity index (χ2n) is 6.23. The smallest absolute Gasteiger partial charge is 0.257 e. The minimum Gasteiger partial charge on any atom is -0.347 e. The predicted octanol–water partition coefficient (Wildman–Crippen LogP) is 1.64. The molecule has 1 aliphatic rings. The van der Waals surface area contributed by atoms with Crippen LogP contribution >= 0.6 is 0 Å². The fraction of sp³-hybridized carbons (Fsp3) is 0.389. The fourth-order valence-electron chi connectivity index (χ4n) is 2.89. The van der Waals surface area contributed by atoms with Gasteiger partial charge in [-0.15, -0.1) is 0 Å². The molecule has 6 heteroatoms. The molecule has 1 atom stereocenters. The van der Waals surface area contributed by atoms with Crippen molar-refractivity contribution in [3.05, 3.63) is 53.3 Å². The molecule has 0 aliphatic carbocycles. The molecule has 126 valence electrons. The van der Waals surface area contributed by atoms with Crippen molar-refractivity contribution in [2.24, 2.45) is 0 Å². The summed E-state index contributed by atoms with van der Waals surface area (Å²) in [6, 6.07) is 10.4. The van der Waals surface area contributed by atoms with Gasteiger partial charge in [-0.2, -0.15) is 0 Å². The molecule has 6 nitrogen and oxygen atoms in total. The Labute approximate surface area is 142 Å². The largest absolute Gasteiger partial charge is 0.347 e. The van der Waals surface area contributed by atoms with Gasteiger partial charge in [-0.1, -0.05) is 30.3 Å². The van der Waals surface area contributed by atoms with Gasteiger partial charge < -0.3 is 15.1 Å². The molecule has 0 saturated carbocycles. The lowest BCUT2D eigenvalue weighted by Crippen LogP contribution is -2.48. The summed E-state index contributed by atoms with van der Waals surface area (Å²) in [6.45, 7) is 3.98. The number of aryl methyl sites for hydroxylation is 1. The number of carbonyl (C=O) groups is 1. The van der Waals surface area contributed by atoms with E-state index in [4.69, 9.17) is 0 Å². The number of amides is 1. The second kappa shape index (κ2) is 6.97. The Morgan fingerprint density at radius 2 is 2.04 bits per heavy atom. The zero-order valence-corrected chi connectivity index (χ0v) is 14.4. The molecule has 1 aromatic heterocycles. The zero-order chi connectivity index (χ0) is 17.1. The Hall–Kier alpha value is -2.47. The van der Waals surface area contributed by atoms with Crippen molar-refractivity contribution < 1.29 is 4.79 Å². The first-order chi connectivity index (χ1) is 11.6. The zero-order valence-electron chi connectivity index (χ0n) is 14.4. The average molecular weight is 325 g/mol. The van der Waals surface area contributed by atoms with Gasteiger partial charge in [-0.3, -0.25) is 4.79 Å². The van der Waals surface area contributed by atoms with Gasteiger partial charge in [-0.05, 0) is 12.5 Å². The summed E-state index contributed by atoms with van der Waals surface area (Å²) in [5, 5.41) is 3.48. The van der Waals surface area contributed by atoms with Crippen LogP contribution in [0.2, 0.25) is 0 Å². The number of benzene rings is 1. The maximum Gasteiger partial charge on any atom is 0.257 e. The maximum absolute atomic E-state index is 12.9. The third-order valence-corrected chi connectivity index (χ3v) is 4.26. The number of anilines is 1. The predicted molar refractivity (Wildman–Crippen MR) is 94.2 cm³/mol. The number of hydrogen-bond donors (Lipinski definition) is 1. The second-order valence-corrected chi connectivity index (χ2v) is 6.23. The van der Waals surface area contributed by atoms with Crippen molar-refractivity contribution in [1.29, 1.82) is 0 Å². The first-order valence-electron chi connectivity index (χ1n) is 8.15. The molecule has 2 heterocycles. The van der Waals surface area contributed by atoms with E-state index in [1.54, 1.807) is 6.20 Å². The molecule has 3 rings (SSSR count). The molecule has 1 fully saturated rings. The van der Waals surface area contributed by atoms with Gasteiger partial charge in [-0.25, -0.2) is 9.97 Å². The summed E-state index contributed by atoms with van der Waals surface area (Å²) >= 11 is 0. The molecule has 0 bridgehead atoms. The van der Waals surface area contributed by atoms with Crippen molar-refractivity contribution in [2.75, 3.05) is 38.6 Å². The van der Waals surface area contributed by atoms with Crippen LogP contribution in [0.15, 0.2) is 36.5 Å². The number of nitrogens with one attached hydrogen (secondary N) is 1. The first kappa shape index (κ1) is 16.4. The molecule has 0 unspecified atom stereocenters. The van der Waals surface area contributed by atoms with Crippen molar-refractivity contribution in [1.82, 2.24) is 20.2 Å². The van der Waals surface area contributed by atoms with Crippen LogP contribution in [0.5, 0.6) is 0 Å². The Balaban J connectivity index is 1.77. The molecule has 0 radical (unpaired) electrons. The molecule has 1 aliphatic heterocycles. The van der Waals surface area contributed by atoms with Crippen molar-refractivity contribution >= 4 is 11.9 Å². The van der Waals surface area contributed by atoms with Crippen LogP contribution in [0.1, 0.15) is 27.7 Å². The van der Waals surface area contributed by atoms with E-state index in [0.29, 0.717) is 30.3 Å². The quantitative estimate of drug-likeness (QED) is 0.929. The van der Waals surface area contributed by atoms with E-state index in [0.717, 1.165) is 6.54 Å². The number of carbonyl (C=O) groups excluding carboxylic acids is 1. The van der Waals surface area contributed by atoms with Gasteiger partial charge >= 0.3 is 0 Å². The van der Waals surface area contributed by atoms with Crippen LogP contribution < -0.4 is 10.2 Å². The van der Waals surface area contributed by atoms with Gasteiger partial charge in [0.1, 0.15) is 0 Å². The minimum atomic E-state index is 0.000220. The highest BCUT2D eigenvalue weighted by Crippen LogP contribution is 2.19. The normalized spacial score (nSPS) is 17.6. The fourth-order valence-corrected chi connectivity index (χ4v) is 2.89. The number of rotatable bonds is 3. The molecule has 0 spiro atoms. The Bertz CT molecular complexity index is 717. The number of aromatic nitrogens is 2. The highest BCUT2D eigenvalue weighted by Gasteiger charge is 2.26. The third-order valence-electron chi connectivity index (χ3n) is 4.26. The Morgan fingerprint density at radius 1 is 1.29 bits per heavy atom. The standard InChI is InChI=1S/C18H23N5O/c1-13-15(11-20-18(21-13)22(2)3)17(24)23-10-9-19-16(12-23)14-7-5-4-6-8-14/h4-8,11,16,19H,9-10,12H2,1-3H3/t16-/m1/s1. The minimum absolute atomic E-state index is 0.000220. The summed E-state index contributed by atoms with van der Waals surface area (Å²) in [7, 11) is 3.77. The molecule has 1 N–H and O–H groups in total. The third kappa shape index (κ3) is 3.38. The van der Waals surface area contributed by atoms with Crippen LogP contribution in [0.4, 0.5) is 5.95 Å². The maximum atomic E-state index is 12.9. The Morgan fingerprint density at radius 3 is 2.71 bits per heavy atom. The first-order valence-corrected chi connectivity index (χ1v) is 8.15. The van der Waals surface area contributed by atoms with Gasteiger partial charge in [0.25, 0.3) is 5.91 Å². The van der Waals surface area contributed by atoms with Crippen LogP contribution in [-0.2, 0) is 0 Å². The van der Waals surface area contributed by atoms with Gasteiger partial charge in [0.15, 0.2) is 0 Å². The van der Waals surface area contributed by atoms with E-state index in [9.17, 15) is 4.79 Å². The number of hydrogen-bond acceptors (Lipinski definition) is 5. The molecular weight excluding hydrogens is 302 g/mol. The summed E-state index contributed by atoms with van der Waals surface area (Å²) in [6.07, 6.45) is 1.64. The SMILES string of the molecule is Cc1nc(N(C)C)ncc1C(=O)N1CCN[C@@H](c2ccccc2)C1. The number of nitrogens with zero attached hydrogens (tertiary/aromatic N) is 4. The van der Waals surface area contributed by atoms with Crippen molar-refractivity contribution in [3.8, 4) is 0 Å². The van der Waals surface area contributed by atoms with Crippen molar-refractivity contribution in [2.45, 2.75) is 13.0 Å². The Kier molecular flexibility index (Phi) is 4.76. The van der Waals surface area contributed by atoms with Crippen molar-refractivity contribution in [3.63, 3.8) is 0 Å². The van der Waals surface area contributed by atoms with E-state index in [1.807, 2.05) is 49.0 Å². The summed E-state index contributed by atoms with van der Waals surface area (Å²) in [4.78, 5) is 25.3. The van der Waals surface area contributed by atoms with Gasteiger partial charge in [0.05, 0.1) is 11.3 Å². The van der Waals surface area contributed by atoms with Crippen LogP contribution in [0.25, 0.3) is 0 Å². The number of piperazine rings is 1.